The molecule has 17 nitrogen and oxygen atoms in total. The summed E-state index contributed by atoms with van der Waals surface area (Å²) >= 11 is 0. The molecule has 0 heterocycles. The first-order valence-electron chi connectivity index (χ1n) is 39.1. The number of ether oxygens (including phenoxy) is 4. The molecule has 0 saturated carbocycles. The van der Waals surface area contributed by atoms with Crippen LogP contribution in [0.25, 0.3) is 0 Å². The lowest BCUT2D eigenvalue weighted by Gasteiger charge is -2.21. The predicted molar refractivity (Wildman–Crippen MR) is 417 cm³/mol. The SMILES string of the molecule is CC/C=C\C/C=C\C/C=C\C/C=C\C/C=C\CCCCCC(=O)OCC(COP(=O)(O)OCC(O)COP(=O)(O)OCC(COC(=O)C/C=C\C/C=C\C/C=C\C/C=C\C/C=C\CC)OC(=O)CCCCCCCCCCCCCCCCC)OC(=O)CCCCCCC/C=C\C/C=C\CCC. The van der Waals surface area contributed by atoms with E-state index in [0.717, 1.165) is 154 Å². The molecular formula is C83H138O17P2. The van der Waals surface area contributed by atoms with E-state index in [1.807, 2.05) is 18.2 Å². The molecule has 0 aliphatic carbocycles. The van der Waals surface area contributed by atoms with Gasteiger partial charge in [-0.2, -0.15) is 0 Å². The predicted octanol–water partition coefficient (Wildman–Crippen LogP) is 22.7. The van der Waals surface area contributed by atoms with E-state index in [4.69, 9.17) is 37.0 Å². The van der Waals surface area contributed by atoms with Gasteiger partial charge in [-0.15, -0.1) is 0 Å². The molecule has 0 bridgehead atoms. The van der Waals surface area contributed by atoms with Crippen LogP contribution in [0.1, 0.15) is 297 Å². The highest BCUT2D eigenvalue weighted by Crippen LogP contribution is 2.45. The number of phosphoric acid groups is 2. The van der Waals surface area contributed by atoms with Gasteiger partial charge < -0.3 is 33.8 Å². The molecule has 102 heavy (non-hydrogen) atoms. The Morgan fingerprint density at radius 1 is 0.294 bits per heavy atom. The van der Waals surface area contributed by atoms with Gasteiger partial charge in [-0.3, -0.25) is 37.3 Å². The van der Waals surface area contributed by atoms with Gasteiger partial charge in [-0.25, -0.2) is 9.13 Å². The number of allylic oxidation sites excluding steroid dienone is 23. The van der Waals surface area contributed by atoms with E-state index in [1.54, 1.807) is 6.08 Å². The minimum atomic E-state index is -5.00. The van der Waals surface area contributed by atoms with Gasteiger partial charge in [0.05, 0.1) is 32.8 Å². The molecule has 5 unspecified atom stereocenters. The summed E-state index contributed by atoms with van der Waals surface area (Å²) in [5, 5.41) is 10.6. The molecule has 3 N–H and O–H groups in total. The number of rotatable bonds is 72. The van der Waals surface area contributed by atoms with Crippen LogP contribution in [0, 0.1) is 0 Å². The quantitative estimate of drug-likeness (QED) is 0.0169. The maximum Gasteiger partial charge on any atom is 0.472 e. The lowest BCUT2D eigenvalue weighted by atomic mass is 10.0. The van der Waals surface area contributed by atoms with Crippen LogP contribution >= 0.6 is 15.6 Å². The second-order valence-corrected chi connectivity index (χ2v) is 28.5. The largest absolute Gasteiger partial charge is 0.472 e. The van der Waals surface area contributed by atoms with Gasteiger partial charge in [0, 0.05) is 19.3 Å². The standard InChI is InChI=1S/C83H138O17P2/c1-5-9-13-17-21-25-29-33-36-37-38-39-42-45-48-52-56-60-64-68-81(86)94-73-78(99-82(87)69-65-61-57-53-49-43-32-28-24-20-16-12-8-4)75-97-101(89,90)95-71-77(84)72-96-102(91,92)98-76-79(100-83(88)70-66-62-58-54-50-46-41-35-31-27-23-19-15-11-7-3)74-93-80(85)67-63-59-55-51-47-44-40-34-30-26-22-18-14-10-6-2/h9-10,13-14,16,20-22,25-26,28,32-34,36,38-40,45,47-48,51,59,63,77-79,84H,5-8,11-12,15,17-19,23-24,27,29-31,35,37,41-44,46,49-50,52-58,60-62,64-76H2,1-4H3,(H,89,90)(H,91,92)/b13-9-,14-10-,20-16-,25-21-,26-22-,32-28-,36-33-,39-38-,40-34-,48-45-,51-47-,63-59-. The van der Waals surface area contributed by atoms with Crippen molar-refractivity contribution in [1.82, 2.24) is 0 Å². The smallest absolute Gasteiger partial charge is 0.462 e. The van der Waals surface area contributed by atoms with Gasteiger partial charge >= 0.3 is 39.5 Å². The van der Waals surface area contributed by atoms with Crippen molar-refractivity contribution in [1.29, 1.82) is 0 Å². The van der Waals surface area contributed by atoms with Crippen LogP contribution < -0.4 is 0 Å². The molecule has 19 heteroatoms. The summed E-state index contributed by atoms with van der Waals surface area (Å²) in [5.41, 5.74) is 0. The minimum Gasteiger partial charge on any atom is -0.462 e. The van der Waals surface area contributed by atoms with Crippen molar-refractivity contribution in [2.24, 2.45) is 0 Å². The second kappa shape index (κ2) is 74.2. The number of aliphatic hydroxyl groups is 1. The highest BCUT2D eigenvalue weighted by Gasteiger charge is 2.30. The van der Waals surface area contributed by atoms with Crippen LogP contribution in [0.4, 0.5) is 0 Å². The van der Waals surface area contributed by atoms with Crippen LogP contribution in [0.5, 0.6) is 0 Å². The first kappa shape index (κ1) is 96.9. The van der Waals surface area contributed by atoms with E-state index in [2.05, 4.69) is 149 Å². The maximum absolute atomic E-state index is 13.1. The van der Waals surface area contributed by atoms with Crippen LogP contribution in [-0.4, -0.2) is 96.7 Å². The zero-order valence-corrected chi connectivity index (χ0v) is 65.3. The zero-order chi connectivity index (χ0) is 74.6. The Hall–Kier alpha value is -5.06. The number of phosphoric ester groups is 2. The molecule has 0 saturated heterocycles. The lowest BCUT2D eigenvalue weighted by molar-refractivity contribution is -0.161. The molecule has 0 rings (SSSR count). The van der Waals surface area contributed by atoms with E-state index >= 15 is 0 Å². The molecule has 0 fully saturated rings. The summed E-state index contributed by atoms with van der Waals surface area (Å²) in [4.78, 5) is 72.9. The van der Waals surface area contributed by atoms with Gasteiger partial charge in [0.1, 0.15) is 19.3 Å². The number of hydrogen-bond donors (Lipinski definition) is 3. The average molecular weight is 1470 g/mol. The summed E-state index contributed by atoms with van der Waals surface area (Å²) in [6.07, 6.45) is 84.4. The Kier molecular flexibility index (Phi) is 70.5. The topological polar surface area (TPSA) is 237 Å². The third-order valence-corrected chi connectivity index (χ3v) is 17.7. The Balaban J connectivity index is 5.44. The molecule has 0 amide bonds. The van der Waals surface area contributed by atoms with E-state index in [9.17, 15) is 43.2 Å². The molecule has 582 valence electrons. The summed E-state index contributed by atoms with van der Waals surface area (Å²) < 4.78 is 68.4. The first-order chi connectivity index (χ1) is 49.7. The Morgan fingerprint density at radius 3 is 0.922 bits per heavy atom. The normalized spacial score (nSPS) is 14.7. The van der Waals surface area contributed by atoms with Crippen molar-refractivity contribution in [2.75, 3.05) is 39.6 Å². The third-order valence-electron chi connectivity index (χ3n) is 15.8. The second-order valence-electron chi connectivity index (χ2n) is 25.6. The molecule has 0 aliphatic heterocycles. The van der Waals surface area contributed by atoms with Crippen LogP contribution in [0.2, 0.25) is 0 Å². The van der Waals surface area contributed by atoms with Crippen molar-refractivity contribution in [2.45, 2.75) is 316 Å². The molecule has 0 aromatic carbocycles. The molecule has 0 radical (unpaired) electrons. The van der Waals surface area contributed by atoms with Crippen molar-refractivity contribution in [3.05, 3.63) is 146 Å². The number of carbonyl (C=O) groups excluding carboxylic acids is 4. The molecular weight excluding hydrogens is 1330 g/mol. The number of aliphatic hydroxyl groups excluding tert-OH is 1. The summed E-state index contributed by atoms with van der Waals surface area (Å²) in [6, 6.07) is 0. The Bertz CT molecular complexity index is 2510. The van der Waals surface area contributed by atoms with E-state index < -0.39 is 97.5 Å². The van der Waals surface area contributed by atoms with Gasteiger partial charge in [0.15, 0.2) is 12.2 Å². The zero-order valence-electron chi connectivity index (χ0n) is 63.5. The first-order valence-corrected chi connectivity index (χ1v) is 42.1. The number of esters is 4. The van der Waals surface area contributed by atoms with E-state index in [0.29, 0.717) is 25.7 Å². The molecule has 5 atom stereocenters. The lowest BCUT2D eigenvalue weighted by Crippen LogP contribution is -2.30. The summed E-state index contributed by atoms with van der Waals surface area (Å²) in [6.45, 7) is 4.42. The van der Waals surface area contributed by atoms with Crippen molar-refractivity contribution in [3.8, 4) is 0 Å². The van der Waals surface area contributed by atoms with E-state index in [1.165, 1.54) is 64.2 Å². The molecule has 0 aliphatic rings. The van der Waals surface area contributed by atoms with Crippen LogP contribution in [0.3, 0.4) is 0 Å². The van der Waals surface area contributed by atoms with E-state index in [-0.39, 0.29) is 25.7 Å². The molecule has 0 aromatic rings. The fraction of sp³-hybridized carbons (Fsp3) is 0.663. The summed E-state index contributed by atoms with van der Waals surface area (Å²) in [7, 11) is -10.00. The molecule has 0 aromatic heterocycles. The van der Waals surface area contributed by atoms with Crippen LogP contribution in [-0.2, 0) is 65.4 Å². The fourth-order valence-electron chi connectivity index (χ4n) is 9.95. The van der Waals surface area contributed by atoms with Gasteiger partial charge in [0.25, 0.3) is 0 Å². The van der Waals surface area contributed by atoms with Crippen molar-refractivity contribution in [3.63, 3.8) is 0 Å². The van der Waals surface area contributed by atoms with Gasteiger partial charge in [-0.05, 0) is 122 Å². The average Bonchev–Trinajstić information content (AvgIpc) is 0.908. The number of carbonyl (C=O) groups is 4. The van der Waals surface area contributed by atoms with Crippen molar-refractivity contribution < 1.29 is 80.2 Å². The highest BCUT2D eigenvalue weighted by molar-refractivity contribution is 7.47. The summed E-state index contributed by atoms with van der Waals surface area (Å²) in [5.74, 6) is -2.38. The fourth-order valence-corrected chi connectivity index (χ4v) is 11.5. The Labute approximate surface area is 617 Å². The van der Waals surface area contributed by atoms with Crippen LogP contribution in [0.15, 0.2) is 146 Å². The Morgan fingerprint density at radius 2 is 0.569 bits per heavy atom. The van der Waals surface area contributed by atoms with Gasteiger partial charge in [-0.1, -0.05) is 296 Å². The monoisotopic (exact) mass is 1470 g/mol. The highest BCUT2D eigenvalue weighted by atomic mass is 31.2. The minimum absolute atomic E-state index is 0.0650. The molecule has 0 spiro atoms. The number of hydrogen-bond acceptors (Lipinski definition) is 15. The number of unbranched alkanes of at least 4 members (excludes halogenated alkanes) is 23. The van der Waals surface area contributed by atoms with Crippen molar-refractivity contribution >= 4 is 39.5 Å². The van der Waals surface area contributed by atoms with Gasteiger partial charge in [0.2, 0.25) is 0 Å². The maximum atomic E-state index is 13.1. The third kappa shape index (κ3) is 73.3.